The van der Waals surface area contributed by atoms with Crippen molar-refractivity contribution in [3.8, 4) is 11.3 Å². The molecule has 4 nitrogen and oxygen atoms in total. The average molecular weight is 321 g/mol. The van der Waals surface area contributed by atoms with Crippen LogP contribution >= 0.6 is 23.1 Å². The molecular weight excluding hydrogens is 302 g/mol. The van der Waals surface area contributed by atoms with Gasteiger partial charge in [0.05, 0.1) is 11.7 Å². The number of hydrogen-bond donors (Lipinski definition) is 2. The number of nitrogens with zero attached hydrogens (tertiary/aromatic N) is 1. The zero-order chi connectivity index (χ0) is 15.4. The van der Waals surface area contributed by atoms with Crippen LogP contribution in [-0.4, -0.2) is 23.2 Å². The van der Waals surface area contributed by atoms with Crippen LogP contribution in [0.4, 0.5) is 5.13 Å². The average Bonchev–Trinajstić information content (AvgIpc) is 2.94. The number of carbonyl (C=O) groups is 1. The quantitative estimate of drug-likeness (QED) is 0.828. The molecule has 6 heteroatoms. The van der Waals surface area contributed by atoms with Crippen molar-refractivity contribution >= 4 is 34.1 Å². The molecule has 1 aromatic heterocycles. The van der Waals surface area contributed by atoms with Gasteiger partial charge in [-0.25, -0.2) is 4.98 Å². The molecule has 0 aliphatic carbocycles. The Bertz CT molecular complexity index is 608. The second-order valence-electron chi connectivity index (χ2n) is 5.03. The highest BCUT2D eigenvalue weighted by Gasteiger charge is 2.18. The molecule has 0 radical (unpaired) electrons. The molecular formula is C15H19N3OS2. The van der Waals surface area contributed by atoms with Crippen molar-refractivity contribution in [2.75, 3.05) is 11.6 Å². The minimum Gasteiger partial charge on any atom is -0.320 e. The number of thioether (sulfide) groups is 1. The van der Waals surface area contributed by atoms with Crippen LogP contribution in [-0.2, 0) is 4.79 Å². The van der Waals surface area contributed by atoms with Crippen molar-refractivity contribution in [2.24, 2.45) is 11.7 Å². The van der Waals surface area contributed by atoms with E-state index in [-0.39, 0.29) is 11.8 Å². The first-order valence-corrected chi connectivity index (χ1v) is 8.78. The van der Waals surface area contributed by atoms with Crippen LogP contribution in [0, 0.1) is 5.92 Å². The van der Waals surface area contributed by atoms with E-state index in [1.165, 1.54) is 16.2 Å². The van der Waals surface area contributed by atoms with Gasteiger partial charge < -0.3 is 11.1 Å². The molecule has 1 aromatic carbocycles. The number of nitrogens with one attached hydrogen (secondary N) is 1. The SMILES string of the molecule is CSc1ccc(-c2csc(NC(=O)[C@@H](N)C(C)C)n2)cc1. The summed E-state index contributed by atoms with van der Waals surface area (Å²) in [7, 11) is 0. The van der Waals surface area contributed by atoms with E-state index in [1.54, 1.807) is 11.8 Å². The van der Waals surface area contributed by atoms with E-state index in [4.69, 9.17) is 5.73 Å². The minimum atomic E-state index is -0.516. The van der Waals surface area contributed by atoms with Crippen molar-refractivity contribution in [1.29, 1.82) is 0 Å². The number of benzene rings is 1. The normalized spacial score (nSPS) is 12.4. The topological polar surface area (TPSA) is 68.0 Å². The van der Waals surface area contributed by atoms with Crippen molar-refractivity contribution < 1.29 is 4.79 Å². The van der Waals surface area contributed by atoms with E-state index in [1.807, 2.05) is 37.6 Å². The summed E-state index contributed by atoms with van der Waals surface area (Å²) in [5.41, 5.74) is 7.72. The van der Waals surface area contributed by atoms with Gasteiger partial charge in [0.2, 0.25) is 5.91 Å². The second-order valence-corrected chi connectivity index (χ2v) is 6.76. The number of anilines is 1. The number of amides is 1. The molecule has 21 heavy (non-hydrogen) atoms. The van der Waals surface area contributed by atoms with Gasteiger partial charge in [-0.3, -0.25) is 4.79 Å². The van der Waals surface area contributed by atoms with Gasteiger partial charge in [-0.2, -0.15) is 0 Å². The third kappa shape index (κ3) is 4.06. The second kappa shape index (κ2) is 7.06. The first-order chi connectivity index (χ1) is 10.0. The van der Waals surface area contributed by atoms with Gasteiger partial charge in [0.15, 0.2) is 5.13 Å². The van der Waals surface area contributed by atoms with E-state index >= 15 is 0 Å². The third-order valence-electron chi connectivity index (χ3n) is 3.14. The largest absolute Gasteiger partial charge is 0.320 e. The lowest BCUT2D eigenvalue weighted by atomic mass is 10.1. The Morgan fingerprint density at radius 2 is 2.00 bits per heavy atom. The number of rotatable bonds is 5. The van der Waals surface area contributed by atoms with E-state index in [2.05, 4.69) is 22.4 Å². The van der Waals surface area contributed by atoms with Crippen molar-refractivity contribution in [1.82, 2.24) is 4.98 Å². The maximum atomic E-state index is 11.9. The van der Waals surface area contributed by atoms with Crippen molar-refractivity contribution in [3.63, 3.8) is 0 Å². The van der Waals surface area contributed by atoms with E-state index in [9.17, 15) is 4.79 Å². The number of nitrogens with two attached hydrogens (primary N) is 1. The molecule has 0 unspecified atom stereocenters. The molecule has 0 spiro atoms. The number of thiazole rings is 1. The van der Waals surface area contributed by atoms with E-state index < -0.39 is 6.04 Å². The summed E-state index contributed by atoms with van der Waals surface area (Å²) < 4.78 is 0. The summed E-state index contributed by atoms with van der Waals surface area (Å²) in [5, 5.41) is 5.29. The third-order valence-corrected chi connectivity index (χ3v) is 4.64. The lowest BCUT2D eigenvalue weighted by molar-refractivity contribution is -0.118. The lowest BCUT2D eigenvalue weighted by Gasteiger charge is -2.13. The molecule has 2 aromatic rings. The van der Waals surface area contributed by atoms with E-state index in [0.717, 1.165) is 11.3 Å². The molecule has 1 heterocycles. The maximum Gasteiger partial charge on any atom is 0.243 e. The summed E-state index contributed by atoms with van der Waals surface area (Å²) in [6.45, 7) is 3.84. The highest BCUT2D eigenvalue weighted by molar-refractivity contribution is 7.98. The summed E-state index contributed by atoms with van der Waals surface area (Å²) in [4.78, 5) is 17.6. The highest BCUT2D eigenvalue weighted by Crippen LogP contribution is 2.26. The Balaban J connectivity index is 2.08. The van der Waals surface area contributed by atoms with Gasteiger partial charge in [-0.15, -0.1) is 23.1 Å². The monoisotopic (exact) mass is 321 g/mol. The minimum absolute atomic E-state index is 0.100. The first kappa shape index (κ1) is 16.0. The Labute approximate surface area is 133 Å². The van der Waals surface area contributed by atoms with Crippen LogP contribution in [0.25, 0.3) is 11.3 Å². The van der Waals surface area contributed by atoms with Gasteiger partial charge >= 0.3 is 0 Å². The number of hydrogen-bond acceptors (Lipinski definition) is 5. The van der Waals surface area contributed by atoms with Gasteiger partial charge in [0.25, 0.3) is 0 Å². The molecule has 0 fully saturated rings. The van der Waals surface area contributed by atoms with Crippen LogP contribution in [0.5, 0.6) is 0 Å². The van der Waals surface area contributed by atoms with E-state index in [0.29, 0.717) is 5.13 Å². The smallest absolute Gasteiger partial charge is 0.243 e. The number of carbonyl (C=O) groups excluding carboxylic acids is 1. The predicted molar refractivity (Wildman–Crippen MR) is 90.8 cm³/mol. The predicted octanol–water partition coefficient (Wildman–Crippen LogP) is 3.45. The summed E-state index contributed by atoms with van der Waals surface area (Å²) in [5.74, 6) is -0.0906. The maximum absolute atomic E-state index is 11.9. The highest BCUT2D eigenvalue weighted by atomic mass is 32.2. The Hall–Kier alpha value is -1.37. The number of aromatic nitrogens is 1. The zero-order valence-corrected chi connectivity index (χ0v) is 13.9. The molecule has 1 amide bonds. The zero-order valence-electron chi connectivity index (χ0n) is 12.3. The molecule has 112 valence electrons. The summed E-state index contributed by atoms with van der Waals surface area (Å²) >= 11 is 3.11. The van der Waals surface area contributed by atoms with Gasteiger partial charge in [0.1, 0.15) is 0 Å². The van der Waals surface area contributed by atoms with Gasteiger partial charge in [0, 0.05) is 15.8 Å². The van der Waals surface area contributed by atoms with Crippen LogP contribution in [0.1, 0.15) is 13.8 Å². The standard InChI is InChI=1S/C15H19N3OS2/c1-9(2)13(16)14(19)18-15-17-12(8-21-15)10-4-6-11(20-3)7-5-10/h4-9,13H,16H2,1-3H3,(H,17,18,19)/t13-/m0/s1. The molecule has 0 saturated heterocycles. The molecule has 0 aliphatic heterocycles. The van der Waals surface area contributed by atoms with Crippen molar-refractivity contribution in [2.45, 2.75) is 24.8 Å². The fraction of sp³-hybridized carbons (Fsp3) is 0.333. The Morgan fingerprint density at radius 1 is 1.33 bits per heavy atom. The summed E-state index contributed by atoms with van der Waals surface area (Å²) in [6, 6.07) is 7.68. The fourth-order valence-electron chi connectivity index (χ4n) is 1.72. The van der Waals surface area contributed by atoms with Crippen LogP contribution in [0.3, 0.4) is 0 Å². The Kier molecular flexibility index (Phi) is 5.39. The molecule has 0 aliphatic rings. The van der Waals surface area contributed by atoms with Gasteiger partial charge in [-0.1, -0.05) is 26.0 Å². The van der Waals surface area contributed by atoms with Crippen LogP contribution < -0.4 is 11.1 Å². The molecule has 1 atom stereocenters. The fourth-order valence-corrected chi connectivity index (χ4v) is 2.85. The van der Waals surface area contributed by atoms with Gasteiger partial charge in [-0.05, 0) is 24.3 Å². The van der Waals surface area contributed by atoms with Crippen LogP contribution in [0.2, 0.25) is 0 Å². The first-order valence-electron chi connectivity index (χ1n) is 6.67. The Morgan fingerprint density at radius 3 is 2.57 bits per heavy atom. The van der Waals surface area contributed by atoms with Crippen LogP contribution in [0.15, 0.2) is 34.5 Å². The molecule has 3 N–H and O–H groups in total. The molecule has 0 saturated carbocycles. The molecule has 0 bridgehead atoms. The lowest BCUT2D eigenvalue weighted by Crippen LogP contribution is -2.39. The molecule has 2 rings (SSSR count). The van der Waals surface area contributed by atoms with Crippen molar-refractivity contribution in [3.05, 3.63) is 29.6 Å². The summed E-state index contributed by atoms with van der Waals surface area (Å²) in [6.07, 6.45) is 2.05.